The van der Waals surface area contributed by atoms with Crippen LogP contribution in [0.25, 0.3) is 0 Å². The number of fused-ring (bicyclic) bond motifs is 2. The molecule has 0 spiro atoms. The molecule has 26 heavy (non-hydrogen) atoms. The van der Waals surface area contributed by atoms with E-state index < -0.39 is 12.1 Å². The van der Waals surface area contributed by atoms with Crippen LogP contribution in [0.4, 0.5) is 11.4 Å². The van der Waals surface area contributed by atoms with Gasteiger partial charge in [-0.05, 0) is 49.2 Å². The van der Waals surface area contributed by atoms with Crippen molar-refractivity contribution in [2.45, 2.75) is 26.0 Å². The maximum atomic E-state index is 12.9. The molecule has 1 fully saturated rings. The lowest BCUT2D eigenvalue weighted by atomic mass is 10.0. The number of carbonyl (C=O) groups excluding carboxylic acids is 1. The van der Waals surface area contributed by atoms with Crippen molar-refractivity contribution in [3.63, 3.8) is 0 Å². The monoisotopic (exact) mass is 352 g/mol. The van der Waals surface area contributed by atoms with Gasteiger partial charge in [-0.3, -0.25) is 4.79 Å². The Labute approximate surface area is 151 Å². The van der Waals surface area contributed by atoms with Gasteiger partial charge in [0, 0.05) is 5.56 Å². The van der Waals surface area contributed by atoms with Crippen LogP contribution in [0.3, 0.4) is 0 Å². The molecule has 2 atom stereocenters. The van der Waals surface area contributed by atoms with Gasteiger partial charge in [0.05, 0.1) is 25.6 Å². The van der Waals surface area contributed by atoms with Crippen molar-refractivity contribution in [2.24, 2.45) is 4.99 Å². The quantitative estimate of drug-likeness (QED) is 0.916. The number of benzene rings is 2. The van der Waals surface area contributed by atoms with Crippen molar-refractivity contribution >= 4 is 23.1 Å². The van der Waals surface area contributed by atoms with Crippen LogP contribution >= 0.6 is 0 Å². The number of aryl methyl sites for hydroxylation is 2. The number of ether oxygens (including phenoxy) is 3. The first-order valence-electron chi connectivity index (χ1n) is 8.40. The van der Waals surface area contributed by atoms with Crippen LogP contribution in [0.15, 0.2) is 35.3 Å². The largest absolute Gasteiger partial charge is 0.493 e. The summed E-state index contributed by atoms with van der Waals surface area (Å²) >= 11 is 0. The van der Waals surface area contributed by atoms with E-state index in [-0.39, 0.29) is 5.78 Å². The Morgan fingerprint density at radius 2 is 1.77 bits per heavy atom. The molecule has 134 valence electrons. The molecule has 0 radical (unpaired) electrons. The molecule has 1 saturated heterocycles. The fourth-order valence-corrected chi connectivity index (χ4v) is 3.28. The molecule has 6 heteroatoms. The lowest BCUT2D eigenvalue weighted by molar-refractivity contribution is -0.122. The minimum absolute atomic E-state index is 0.0696. The van der Waals surface area contributed by atoms with Gasteiger partial charge < -0.3 is 19.5 Å². The zero-order chi connectivity index (χ0) is 18.4. The van der Waals surface area contributed by atoms with Crippen molar-refractivity contribution in [1.82, 2.24) is 0 Å². The standard InChI is InChI=1S/C20H20N2O4/c1-10-7-13-14(8-11(10)2)22-20-17(21-13)18(23)19(26-20)12-5-6-15(24-3)16(9-12)25-4/h5-9,17,19,21H,1-4H3/t17-,19-/m0/s1. The third-order valence-electron chi connectivity index (χ3n) is 4.88. The van der Waals surface area contributed by atoms with Gasteiger partial charge in [0.2, 0.25) is 11.7 Å². The van der Waals surface area contributed by atoms with E-state index in [1.807, 2.05) is 32.0 Å². The number of nitrogens with one attached hydrogen (secondary N) is 1. The molecule has 2 aliphatic heterocycles. The van der Waals surface area contributed by atoms with E-state index in [4.69, 9.17) is 14.2 Å². The van der Waals surface area contributed by atoms with Crippen LogP contribution in [0.1, 0.15) is 22.8 Å². The van der Waals surface area contributed by atoms with Crippen molar-refractivity contribution in [1.29, 1.82) is 0 Å². The molecule has 0 bridgehead atoms. The van der Waals surface area contributed by atoms with Crippen LogP contribution in [0.5, 0.6) is 11.5 Å². The van der Waals surface area contributed by atoms with Crippen molar-refractivity contribution in [2.75, 3.05) is 19.5 Å². The summed E-state index contributed by atoms with van der Waals surface area (Å²) in [5.41, 5.74) is 4.65. The predicted octanol–water partition coefficient (Wildman–Crippen LogP) is 3.49. The Balaban J connectivity index is 1.68. The number of rotatable bonds is 3. The summed E-state index contributed by atoms with van der Waals surface area (Å²) in [4.78, 5) is 17.5. The number of methoxy groups -OCH3 is 2. The van der Waals surface area contributed by atoms with E-state index in [1.54, 1.807) is 26.4 Å². The Morgan fingerprint density at radius 1 is 1.04 bits per heavy atom. The number of hydrogen-bond acceptors (Lipinski definition) is 6. The summed E-state index contributed by atoms with van der Waals surface area (Å²) in [7, 11) is 3.13. The summed E-state index contributed by atoms with van der Waals surface area (Å²) in [5.74, 6) is 1.50. The summed E-state index contributed by atoms with van der Waals surface area (Å²) in [6, 6.07) is 8.79. The third-order valence-corrected chi connectivity index (χ3v) is 4.88. The Bertz CT molecular complexity index is 936. The van der Waals surface area contributed by atoms with Crippen LogP contribution in [-0.4, -0.2) is 31.9 Å². The molecule has 4 rings (SSSR count). The molecule has 2 aliphatic rings. The highest BCUT2D eigenvalue weighted by Gasteiger charge is 2.44. The first-order chi connectivity index (χ1) is 12.5. The number of aliphatic imine (C=N–C) groups is 1. The molecule has 0 aromatic heterocycles. The number of nitrogens with zero attached hydrogens (tertiary/aromatic N) is 1. The summed E-state index contributed by atoms with van der Waals surface area (Å²) in [6.45, 7) is 4.07. The van der Waals surface area contributed by atoms with E-state index in [0.717, 1.165) is 22.5 Å². The van der Waals surface area contributed by atoms with Gasteiger partial charge in [-0.15, -0.1) is 0 Å². The van der Waals surface area contributed by atoms with Crippen molar-refractivity contribution < 1.29 is 19.0 Å². The number of ketones is 1. The topological polar surface area (TPSA) is 69.2 Å². The fraction of sp³-hybridized carbons (Fsp3) is 0.300. The summed E-state index contributed by atoms with van der Waals surface area (Å²) in [6.07, 6.45) is -0.720. The van der Waals surface area contributed by atoms with E-state index in [1.165, 1.54) is 0 Å². The molecule has 1 N–H and O–H groups in total. The first kappa shape index (κ1) is 16.4. The van der Waals surface area contributed by atoms with E-state index in [2.05, 4.69) is 10.3 Å². The first-order valence-corrected chi connectivity index (χ1v) is 8.40. The highest BCUT2D eigenvalue weighted by molar-refractivity contribution is 6.17. The molecule has 2 aromatic carbocycles. The van der Waals surface area contributed by atoms with Crippen molar-refractivity contribution in [3.05, 3.63) is 47.0 Å². The summed E-state index contributed by atoms with van der Waals surface area (Å²) < 4.78 is 16.5. The van der Waals surface area contributed by atoms with Gasteiger partial charge in [0.1, 0.15) is 0 Å². The van der Waals surface area contributed by atoms with Crippen molar-refractivity contribution in [3.8, 4) is 11.5 Å². The van der Waals surface area contributed by atoms with Crippen LogP contribution < -0.4 is 14.8 Å². The Morgan fingerprint density at radius 3 is 2.50 bits per heavy atom. The third kappa shape index (κ3) is 2.49. The van der Waals surface area contributed by atoms with Crippen LogP contribution in [0, 0.1) is 13.8 Å². The Hall–Kier alpha value is -3.02. The lowest BCUT2D eigenvalue weighted by Gasteiger charge is -2.20. The zero-order valence-electron chi connectivity index (χ0n) is 15.1. The molecule has 0 unspecified atom stereocenters. The molecule has 0 saturated carbocycles. The van der Waals surface area contributed by atoms with Crippen LogP contribution in [-0.2, 0) is 9.53 Å². The molecule has 0 aliphatic carbocycles. The summed E-state index contributed by atoms with van der Waals surface area (Å²) in [5, 5.41) is 3.27. The average Bonchev–Trinajstić information content (AvgIpc) is 2.96. The van der Waals surface area contributed by atoms with E-state index in [9.17, 15) is 4.79 Å². The second-order valence-corrected chi connectivity index (χ2v) is 6.50. The fourth-order valence-electron chi connectivity index (χ4n) is 3.28. The second kappa shape index (κ2) is 6.05. The molecular weight excluding hydrogens is 332 g/mol. The SMILES string of the molecule is COc1ccc([C@@H]2OC3=Nc4cc(C)c(C)cc4N[C@H]3C2=O)cc1OC. The van der Waals surface area contributed by atoms with Gasteiger partial charge in [-0.2, -0.15) is 0 Å². The molecular formula is C20H20N2O4. The predicted molar refractivity (Wildman–Crippen MR) is 98.8 cm³/mol. The highest BCUT2D eigenvalue weighted by atomic mass is 16.5. The molecule has 2 aromatic rings. The van der Waals surface area contributed by atoms with Gasteiger partial charge in [0.25, 0.3) is 0 Å². The Kier molecular flexibility index (Phi) is 3.83. The number of Topliss-reactive ketones (excluding diaryl/α,β-unsaturated/α-hetero) is 1. The second-order valence-electron chi connectivity index (χ2n) is 6.50. The van der Waals surface area contributed by atoms with Crippen LogP contribution in [0.2, 0.25) is 0 Å². The number of anilines is 1. The van der Waals surface area contributed by atoms with Gasteiger partial charge >= 0.3 is 0 Å². The maximum Gasteiger partial charge on any atom is 0.220 e. The average molecular weight is 352 g/mol. The zero-order valence-corrected chi connectivity index (χ0v) is 15.1. The van der Waals surface area contributed by atoms with Gasteiger partial charge in [0.15, 0.2) is 23.6 Å². The number of hydrogen-bond donors (Lipinski definition) is 1. The van der Waals surface area contributed by atoms with E-state index >= 15 is 0 Å². The molecule has 0 amide bonds. The van der Waals surface area contributed by atoms with Gasteiger partial charge in [-0.1, -0.05) is 6.07 Å². The minimum Gasteiger partial charge on any atom is -0.493 e. The number of carbonyl (C=O) groups is 1. The molecule has 6 nitrogen and oxygen atoms in total. The smallest absolute Gasteiger partial charge is 0.220 e. The maximum absolute atomic E-state index is 12.9. The normalized spacial score (nSPS) is 20.5. The van der Waals surface area contributed by atoms with Gasteiger partial charge in [-0.25, -0.2) is 4.99 Å². The highest BCUT2D eigenvalue weighted by Crippen LogP contribution is 2.40. The van der Waals surface area contributed by atoms with E-state index in [0.29, 0.717) is 23.0 Å². The molecule has 2 heterocycles. The minimum atomic E-state index is -0.720. The lowest BCUT2D eigenvalue weighted by Crippen LogP contribution is -2.34.